The molecule has 2 amide bonds. The van der Waals surface area contributed by atoms with E-state index in [1.165, 1.54) is 0 Å². The third kappa shape index (κ3) is 1.90. The lowest BCUT2D eigenvalue weighted by Crippen LogP contribution is -2.26. The van der Waals surface area contributed by atoms with E-state index in [4.69, 9.17) is 0 Å². The number of nitrogens with two attached hydrogens (primary N) is 1. The summed E-state index contributed by atoms with van der Waals surface area (Å²) in [6, 6.07) is 0. The van der Waals surface area contributed by atoms with Crippen LogP contribution in [0.4, 0.5) is 22.0 Å². The van der Waals surface area contributed by atoms with Gasteiger partial charge < -0.3 is 5.73 Å². The molecule has 1 rings (SSSR count). The molecule has 0 aliphatic carbocycles. The molecule has 0 atom stereocenters. The third-order valence-corrected chi connectivity index (χ3v) is 1.83. The molecule has 9 heteroatoms. The van der Waals surface area contributed by atoms with E-state index in [-0.39, 0.29) is 0 Å². The van der Waals surface area contributed by atoms with Crippen molar-refractivity contribution in [1.29, 1.82) is 0 Å². The fourth-order valence-electron chi connectivity index (χ4n) is 1.12. The van der Waals surface area contributed by atoms with Crippen LogP contribution in [-0.2, 0) is 0 Å². The number of halogens is 5. The fourth-order valence-corrected chi connectivity index (χ4v) is 1.12. The summed E-state index contributed by atoms with van der Waals surface area (Å²) < 4.78 is 63.4. The molecule has 0 aromatic heterocycles. The molecule has 0 aliphatic heterocycles. The lowest BCUT2D eigenvalue weighted by Gasteiger charge is -2.08. The summed E-state index contributed by atoms with van der Waals surface area (Å²) >= 11 is 0. The summed E-state index contributed by atoms with van der Waals surface area (Å²) in [6.07, 6.45) is 0. The molecule has 0 spiro atoms. The molecular formula is C8H3F5N2O2. The van der Waals surface area contributed by atoms with Crippen LogP contribution >= 0.6 is 0 Å². The predicted octanol–water partition coefficient (Wildman–Crippen LogP) is 0.956. The van der Waals surface area contributed by atoms with Crippen molar-refractivity contribution in [3.05, 3.63) is 34.4 Å². The van der Waals surface area contributed by atoms with Gasteiger partial charge in [-0.05, 0) is 0 Å². The Hall–Kier alpha value is -2.19. The molecule has 1 aromatic rings. The van der Waals surface area contributed by atoms with E-state index in [0.717, 1.165) is 0 Å². The van der Waals surface area contributed by atoms with E-state index in [0.29, 0.717) is 5.54 Å². The number of carbonyl (C=O) groups excluding carboxylic acids is 2. The van der Waals surface area contributed by atoms with E-state index in [2.05, 4.69) is 5.73 Å². The molecule has 0 heterocycles. The highest BCUT2D eigenvalue weighted by molar-refractivity contribution is 6.06. The lowest BCUT2D eigenvalue weighted by atomic mass is 10.0. The minimum Gasteiger partial charge on any atom is -0.365 e. The summed E-state index contributed by atoms with van der Waals surface area (Å²) in [5.74, 6) is -12.8. The second kappa shape index (κ2) is 4.36. The first-order valence-corrected chi connectivity index (χ1v) is 3.89. The topological polar surface area (TPSA) is 72.2 Å². The first kappa shape index (κ1) is 12.9. The number of carbonyl (C=O) groups is 2. The van der Waals surface area contributed by atoms with Gasteiger partial charge in [0.1, 0.15) is 0 Å². The normalized spacial score (nSPS) is 10.2. The van der Waals surface area contributed by atoms with Gasteiger partial charge in [-0.2, -0.15) is 5.54 Å². The molecule has 0 aliphatic rings. The van der Waals surface area contributed by atoms with Gasteiger partial charge >= 0.3 is 0 Å². The predicted molar refractivity (Wildman–Crippen MR) is 43.4 cm³/mol. The highest BCUT2D eigenvalue weighted by atomic mass is 19.2. The highest BCUT2D eigenvalue weighted by Gasteiger charge is 2.31. The zero-order chi connectivity index (χ0) is 13.3. The number of rotatable bonds is 2. The van der Waals surface area contributed by atoms with Crippen LogP contribution in [0.15, 0.2) is 0 Å². The molecule has 0 unspecified atom stereocenters. The van der Waals surface area contributed by atoms with Gasteiger partial charge in [0.25, 0.3) is 11.8 Å². The summed E-state index contributed by atoms with van der Waals surface area (Å²) in [5.41, 5.74) is 1.69. The maximum absolute atomic E-state index is 13.1. The summed E-state index contributed by atoms with van der Waals surface area (Å²) in [4.78, 5) is 21.5. The monoisotopic (exact) mass is 254 g/mol. The van der Waals surface area contributed by atoms with E-state index >= 15 is 0 Å². The first-order chi connectivity index (χ1) is 7.82. The van der Waals surface area contributed by atoms with Crippen LogP contribution in [0.1, 0.15) is 20.7 Å². The van der Waals surface area contributed by atoms with Crippen LogP contribution in [0.5, 0.6) is 0 Å². The Bertz CT molecular complexity index is 517. The van der Waals surface area contributed by atoms with Crippen LogP contribution in [0, 0.1) is 23.3 Å². The largest absolute Gasteiger partial charge is 0.365 e. The number of hydrogen-bond acceptors (Lipinski definition) is 2. The average molecular weight is 254 g/mol. The molecule has 3 N–H and O–H groups in total. The van der Waals surface area contributed by atoms with Crippen LogP contribution in [0.25, 0.3) is 0 Å². The van der Waals surface area contributed by atoms with Crippen molar-refractivity contribution in [2.75, 3.05) is 0 Å². The molecule has 0 saturated carbocycles. The van der Waals surface area contributed by atoms with Gasteiger partial charge in [-0.15, -0.1) is 0 Å². The molecule has 0 radical (unpaired) electrons. The average Bonchev–Trinajstić information content (AvgIpc) is 2.29. The molecule has 17 heavy (non-hydrogen) atoms. The highest BCUT2D eigenvalue weighted by Crippen LogP contribution is 2.24. The Balaban J connectivity index is 3.78. The van der Waals surface area contributed by atoms with Gasteiger partial charge in [0.15, 0.2) is 23.3 Å². The van der Waals surface area contributed by atoms with Crippen LogP contribution in [-0.4, -0.2) is 11.8 Å². The summed E-state index contributed by atoms with van der Waals surface area (Å²) in [6.45, 7) is 0. The lowest BCUT2D eigenvalue weighted by molar-refractivity contribution is 0.0843. The van der Waals surface area contributed by atoms with Gasteiger partial charge in [0.2, 0.25) is 0 Å². The second-order valence-electron chi connectivity index (χ2n) is 2.79. The Kier molecular flexibility index (Phi) is 3.30. The SMILES string of the molecule is NC(=O)c1c(F)c(F)c(F)c(F)c1C(=O)NF. The summed E-state index contributed by atoms with van der Waals surface area (Å²) in [5, 5.41) is 0. The minimum absolute atomic E-state index is 0.349. The van der Waals surface area contributed by atoms with Gasteiger partial charge in [0, 0.05) is 0 Å². The van der Waals surface area contributed by atoms with Crippen molar-refractivity contribution in [2.45, 2.75) is 0 Å². The van der Waals surface area contributed by atoms with Crippen molar-refractivity contribution >= 4 is 11.8 Å². The molecule has 4 nitrogen and oxygen atoms in total. The molecular weight excluding hydrogens is 251 g/mol. The van der Waals surface area contributed by atoms with Gasteiger partial charge in [-0.1, -0.05) is 4.48 Å². The Labute approximate surface area is 90.1 Å². The quantitative estimate of drug-likeness (QED) is 0.357. The maximum atomic E-state index is 13.1. The molecule has 0 bridgehead atoms. The third-order valence-electron chi connectivity index (χ3n) is 1.83. The number of nitrogens with one attached hydrogen (secondary N) is 1. The number of primary amides is 1. The number of hydrogen-bond donors (Lipinski definition) is 2. The van der Waals surface area contributed by atoms with Gasteiger partial charge in [-0.3, -0.25) is 9.59 Å². The number of amides is 2. The van der Waals surface area contributed by atoms with Crippen molar-refractivity contribution in [1.82, 2.24) is 5.54 Å². The van der Waals surface area contributed by atoms with Crippen molar-refractivity contribution in [3.63, 3.8) is 0 Å². The van der Waals surface area contributed by atoms with Crippen molar-refractivity contribution < 1.29 is 31.6 Å². The first-order valence-electron chi connectivity index (χ1n) is 3.89. The number of benzene rings is 1. The smallest absolute Gasteiger partial charge is 0.282 e. The Morgan fingerprint density at radius 2 is 1.29 bits per heavy atom. The summed E-state index contributed by atoms with van der Waals surface area (Å²) in [7, 11) is 0. The second-order valence-corrected chi connectivity index (χ2v) is 2.79. The zero-order valence-corrected chi connectivity index (χ0v) is 7.78. The Morgan fingerprint density at radius 3 is 1.65 bits per heavy atom. The van der Waals surface area contributed by atoms with Gasteiger partial charge in [-0.25, -0.2) is 17.6 Å². The van der Waals surface area contributed by atoms with Gasteiger partial charge in [0.05, 0.1) is 11.1 Å². The van der Waals surface area contributed by atoms with Crippen molar-refractivity contribution in [2.24, 2.45) is 5.73 Å². The molecule has 92 valence electrons. The van der Waals surface area contributed by atoms with Crippen LogP contribution < -0.4 is 11.3 Å². The minimum atomic E-state index is -2.36. The van der Waals surface area contributed by atoms with Crippen LogP contribution in [0.2, 0.25) is 0 Å². The van der Waals surface area contributed by atoms with E-state index in [1.807, 2.05) is 0 Å². The Morgan fingerprint density at radius 1 is 0.882 bits per heavy atom. The van der Waals surface area contributed by atoms with E-state index < -0.39 is 46.2 Å². The zero-order valence-electron chi connectivity index (χ0n) is 7.78. The van der Waals surface area contributed by atoms with E-state index in [1.54, 1.807) is 0 Å². The fraction of sp³-hybridized carbons (Fsp3) is 0. The molecule has 1 aromatic carbocycles. The van der Waals surface area contributed by atoms with Crippen LogP contribution in [0.3, 0.4) is 0 Å². The standard InChI is InChI=1S/C8H3F5N2O2/c9-3-1(7(14)16)2(8(17)15-13)4(10)6(12)5(3)11/h(H2,14,16)(H,15,17). The maximum Gasteiger partial charge on any atom is 0.282 e. The molecule has 0 saturated heterocycles. The van der Waals surface area contributed by atoms with Crippen molar-refractivity contribution in [3.8, 4) is 0 Å². The molecule has 0 fully saturated rings. The van der Waals surface area contributed by atoms with E-state index in [9.17, 15) is 31.6 Å².